The van der Waals surface area contributed by atoms with Gasteiger partial charge in [0.2, 0.25) is 5.69 Å². The molecule has 1 nitrogen and oxygen atoms in total. The lowest BCUT2D eigenvalue weighted by molar-refractivity contribution is -0.665. The first-order chi connectivity index (χ1) is 11.7. The van der Waals surface area contributed by atoms with Crippen molar-refractivity contribution in [3.8, 4) is 11.3 Å². The van der Waals surface area contributed by atoms with Crippen molar-refractivity contribution in [2.75, 3.05) is 0 Å². The van der Waals surface area contributed by atoms with Gasteiger partial charge in [0, 0.05) is 18.4 Å². The van der Waals surface area contributed by atoms with Crippen molar-refractivity contribution >= 4 is 10.8 Å². The molecule has 3 aromatic rings. The van der Waals surface area contributed by atoms with Crippen LogP contribution >= 0.6 is 0 Å². The molecule has 2 aromatic carbocycles. The maximum atomic E-state index is 2.40. The van der Waals surface area contributed by atoms with Crippen molar-refractivity contribution in [3.63, 3.8) is 0 Å². The van der Waals surface area contributed by atoms with Gasteiger partial charge in [0.15, 0.2) is 5.69 Å². The van der Waals surface area contributed by atoms with Crippen molar-refractivity contribution in [2.24, 2.45) is 7.05 Å². The first-order valence-electron chi connectivity index (χ1n) is 9.32. The number of fused-ring (bicyclic) bond motifs is 2. The van der Waals surface area contributed by atoms with Crippen molar-refractivity contribution in [1.82, 2.24) is 0 Å². The van der Waals surface area contributed by atoms with Crippen LogP contribution in [0.4, 0.5) is 0 Å². The first-order valence-corrected chi connectivity index (χ1v) is 9.32. The minimum Gasteiger partial charge on any atom is -0.198 e. The average molecular weight is 330 g/mol. The van der Waals surface area contributed by atoms with E-state index in [2.05, 4.69) is 89.6 Å². The molecule has 0 unspecified atom stereocenters. The normalized spacial score (nSPS) is 14.9. The molecule has 0 N–H and O–H groups in total. The number of aryl methyl sites for hydroxylation is 2. The van der Waals surface area contributed by atoms with Crippen LogP contribution in [-0.4, -0.2) is 0 Å². The van der Waals surface area contributed by atoms with E-state index in [-0.39, 0.29) is 5.41 Å². The van der Waals surface area contributed by atoms with Gasteiger partial charge in [-0.15, -0.1) is 0 Å². The summed E-state index contributed by atoms with van der Waals surface area (Å²) in [5.41, 5.74) is 9.95. The Labute approximate surface area is 151 Å². The van der Waals surface area contributed by atoms with E-state index in [1.165, 1.54) is 50.0 Å². The number of hydrogen-bond acceptors (Lipinski definition) is 0. The Morgan fingerprint density at radius 3 is 2.40 bits per heavy atom. The molecule has 0 amide bonds. The quantitative estimate of drug-likeness (QED) is 0.503. The molecular formula is C24H28N+. The van der Waals surface area contributed by atoms with Crippen LogP contribution in [0.1, 0.15) is 61.6 Å². The largest absolute Gasteiger partial charge is 0.221 e. The van der Waals surface area contributed by atoms with Gasteiger partial charge in [-0.3, -0.25) is 0 Å². The standard InChI is InChI=1S/C24H28N/c1-14(2)18-12-11-17-13-16(4)25(7)23-20-15(3)9-8-10-19(20)24(5,6)22(18)21(17)23/h8-14H,1-7H3/q+1. The number of benzene rings is 2. The molecule has 1 aliphatic carbocycles. The predicted octanol–water partition coefficient (Wildman–Crippen LogP) is 5.71. The van der Waals surface area contributed by atoms with E-state index in [1.807, 2.05) is 0 Å². The zero-order valence-corrected chi connectivity index (χ0v) is 16.5. The Bertz CT molecular complexity index is 1020. The molecule has 1 aliphatic rings. The summed E-state index contributed by atoms with van der Waals surface area (Å²) in [6.45, 7) is 13.9. The van der Waals surface area contributed by atoms with Gasteiger partial charge in [0.1, 0.15) is 7.05 Å². The molecule has 0 spiro atoms. The summed E-state index contributed by atoms with van der Waals surface area (Å²) >= 11 is 0. The van der Waals surface area contributed by atoms with E-state index in [9.17, 15) is 0 Å². The fourth-order valence-corrected chi connectivity index (χ4v) is 4.76. The third-order valence-corrected chi connectivity index (χ3v) is 6.17. The third kappa shape index (κ3) is 2.05. The number of hydrogen-bond donors (Lipinski definition) is 0. The van der Waals surface area contributed by atoms with Gasteiger partial charge >= 0.3 is 0 Å². The Morgan fingerprint density at radius 2 is 1.72 bits per heavy atom. The van der Waals surface area contributed by atoms with Crippen molar-refractivity contribution in [3.05, 3.63) is 64.3 Å². The van der Waals surface area contributed by atoms with Crippen LogP contribution in [-0.2, 0) is 12.5 Å². The van der Waals surface area contributed by atoms with Gasteiger partial charge in [-0.25, -0.2) is 0 Å². The second-order valence-corrected chi connectivity index (χ2v) is 8.46. The fourth-order valence-electron chi connectivity index (χ4n) is 4.76. The topological polar surface area (TPSA) is 3.88 Å². The second-order valence-electron chi connectivity index (χ2n) is 8.46. The molecule has 25 heavy (non-hydrogen) atoms. The summed E-state index contributed by atoms with van der Waals surface area (Å²) in [4.78, 5) is 0. The lowest BCUT2D eigenvalue weighted by Crippen LogP contribution is -2.39. The van der Waals surface area contributed by atoms with E-state index >= 15 is 0 Å². The number of aromatic nitrogens is 1. The van der Waals surface area contributed by atoms with Gasteiger partial charge in [-0.05, 0) is 40.5 Å². The maximum Gasteiger partial charge on any atom is 0.221 e. The Kier molecular flexibility index (Phi) is 3.38. The summed E-state index contributed by atoms with van der Waals surface area (Å²) in [5.74, 6) is 0.518. The molecule has 0 aliphatic heterocycles. The molecule has 0 saturated carbocycles. The Morgan fingerprint density at radius 1 is 1.00 bits per heavy atom. The molecule has 0 fully saturated rings. The van der Waals surface area contributed by atoms with Crippen LogP contribution in [0.25, 0.3) is 22.0 Å². The van der Waals surface area contributed by atoms with Gasteiger partial charge < -0.3 is 0 Å². The summed E-state index contributed by atoms with van der Waals surface area (Å²) in [6, 6.07) is 13.8. The second kappa shape index (κ2) is 5.17. The fraction of sp³-hybridized carbons (Fsp3) is 0.375. The van der Waals surface area contributed by atoms with E-state index in [4.69, 9.17) is 0 Å². The molecule has 128 valence electrons. The number of nitrogens with zero attached hydrogens (tertiary/aromatic N) is 1. The summed E-state index contributed by atoms with van der Waals surface area (Å²) in [5, 5.41) is 2.82. The van der Waals surface area contributed by atoms with Crippen molar-refractivity contribution < 1.29 is 4.57 Å². The van der Waals surface area contributed by atoms with Crippen molar-refractivity contribution in [2.45, 2.75) is 52.9 Å². The van der Waals surface area contributed by atoms with Gasteiger partial charge in [0.05, 0.1) is 10.9 Å². The molecule has 0 saturated heterocycles. The third-order valence-electron chi connectivity index (χ3n) is 6.17. The minimum absolute atomic E-state index is 0.00965. The maximum absolute atomic E-state index is 2.40. The van der Waals surface area contributed by atoms with E-state index in [0.717, 1.165) is 0 Å². The lowest BCUT2D eigenvalue weighted by Gasteiger charge is -2.36. The monoisotopic (exact) mass is 330 g/mol. The zero-order valence-electron chi connectivity index (χ0n) is 16.5. The molecule has 1 aromatic heterocycles. The predicted molar refractivity (Wildman–Crippen MR) is 106 cm³/mol. The highest BCUT2D eigenvalue weighted by atomic mass is 14.9. The summed E-state index contributed by atoms with van der Waals surface area (Å²) < 4.78 is 2.39. The molecule has 0 atom stereocenters. The highest BCUT2D eigenvalue weighted by Crippen LogP contribution is 2.50. The zero-order chi connectivity index (χ0) is 18.1. The Balaban J connectivity index is 2.34. The van der Waals surface area contributed by atoms with Crippen LogP contribution in [0, 0.1) is 13.8 Å². The van der Waals surface area contributed by atoms with Gasteiger partial charge in [0.25, 0.3) is 0 Å². The van der Waals surface area contributed by atoms with E-state index in [1.54, 1.807) is 0 Å². The van der Waals surface area contributed by atoms with Crippen LogP contribution in [0.15, 0.2) is 36.4 Å². The average Bonchev–Trinajstić information content (AvgIpc) is 2.54. The number of rotatable bonds is 1. The van der Waals surface area contributed by atoms with E-state index in [0.29, 0.717) is 5.92 Å². The summed E-state index contributed by atoms with van der Waals surface area (Å²) in [7, 11) is 2.21. The highest BCUT2D eigenvalue weighted by molar-refractivity contribution is 6.01. The number of pyridine rings is 1. The smallest absolute Gasteiger partial charge is 0.198 e. The molecule has 4 rings (SSSR count). The molecule has 1 heterocycles. The Hall–Kier alpha value is -2.15. The molecule has 0 bridgehead atoms. The van der Waals surface area contributed by atoms with Crippen LogP contribution in [0.2, 0.25) is 0 Å². The van der Waals surface area contributed by atoms with Crippen LogP contribution in [0.3, 0.4) is 0 Å². The van der Waals surface area contributed by atoms with Crippen LogP contribution < -0.4 is 4.57 Å². The van der Waals surface area contributed by atoms with Crippen molar-refractivity contribution in [1.29, 1.82) is 0 Å². The van der Waals surface area contributed by atoms with Gasteiger partial charge in [-0.1, -0.05) is 58.0 Å². The highest BCUT2D eigenvalue weighted by Gasteiger charge is 2.40. The molecule has 0 radical (unpaired) electrons. The van der Waals surface area contributed by atoms with E-state index < -0.39 is 0 Å². The minimum atomic E-state index is 0.00965. The van der Waals surface area contributed by atoms with Crippen LogP contribution in [0.5, 0.6) is 0 Å². The first kappa shape index (κ1) is 16.3. The molecular weight excluding hydrogens is 302 g/mol. The summed E-state index contributed by atoms with van der Waals surface area (Å²) in [6.07, 6.45) is 0. The molecule has 1 heteroatoms. The van der Waals surface area contributed by atoms with Gasteiger partial charge in [-0.2, -0.15) is 4.57 Å². The SMILES string of the molecule is Cc1cccc2c1-c1c3c(c(C(C)C)ccc3cc(C)[n+]1C)C2(C)C. The lowest BCUT2D eigenvalue weighted by atomic mass is 9.66.